The number of aliphatic imine (C=N–C) groups is 1. The molecule has 0 spiro atoms. The molecule has 7 nitrogen and oxygen atoms in total. The second kappa shape index (κ2) is 11.4. The summed E-state index contributed by atoms with van der Waals surface area (Å²) in [6, 6.07) is 24.9. The Labute approximate surface area is 208 Å². The average molecular weight is 488 g/mol. The zero-order valence-corrected chi connectivity index (χ0v) is 20.0. The highest BCUT2D eigenvalue weighted by molar-refractivity contribution is 8.18. The van der Waals surface area contributed by atoms with Crippen molar-refractivity contribution in [2.24, 2.45) is 10.7 Å². The molecule has 3 aromatic carbocycles. The van der Waals surface area contributed by atoms with Gasteiger partial charge in [-0.15, -0.1) is 0 Å². The number of amides is 2. The van der Waals surface area contributed by atoms with Gasteiger partial charge in [0, 0.05) is 6.54 Å². The summed E-state index contributed by atoms with van der Waals surface area (Å²) in [7, 11) is 1.51. The highest BCUT2D eigenvalue weighted by atomic mass is 32.2. The van der Waals surface area contributed by atoms with Crippen molar-refractivity contribution in [2.45, 2.75) is 6.42 Å². The fraction of sp³-hybridized carbons (Fsp3) is 0.148. The van der Waals surface area contributed by atoms with Crippen LogP contribution in [0.3, 0.4) is 0 Å². The molecule has 0 bridgehead atoms. The van der Waals surface area contributed by atoms with E-state index in [9.17, 15) is 9.59 Å². The van der Waals surface area contributed by atoms with Gasteiger partial charge in [0.2, 0.25) is 0 Å². The summed E-state index contributed by atoms with van der Waals surface area (Å²) in [4.78, 5) is 31.4. The summed E-state index contributed by atoms with van der Waals surface area (Å²) >= 11 is 1.34. The number of ether oxygens (including phenoxy) is 2. The number of thioether (sulfide) groups is 1. The Morgan fingerprint density at radius 3 is 2.43 bits per heavy atom. The van der Waals surface area contributed by atoms with Gasteiger partial charge in [0.25, 0.3) is 11.8 Å². The summed E-state index contributed by atoms with van der Waals surface area (Å²) < 4.78 is 10.8. The van der Waals surface area contributed by atoms with Crippen LogP contribution in [0.25, 0.3) is 6.08 Å². The Morgan fingerprint density at radius 1 is 1.03 bits per heavy atom. The first-order valence-electron chi connectivity index (χ1n) is 11.0. The van der Waals surface area contributed by atoms with E-state index in [0.29, 0.717) is 34.5 Å². The zero-order chi connectivity index (χ0) is 24.6. The predicted molar refractivity (Wildman–Crippen MR) is 139 cm³/mol. The molecule has 178 valence electrons. The zero-order valence-electron chi connectivity index (χ0n) is 19.2. The molecule has 2 N–H and O–H groups in total. The molecule has 2 amide bonds. The van der Waals surface area contributed by atoms with Crippen LogP contribution < -0.4 is 15.2 Å². The van der Waals surface area contributed by atoms with Crippen LogP contribution in [0, 0.1) is 0 Å². The van der Waals surface area contributed by atoms with E-state index < -0.39 is 5.91 Å². The minimum absolute atomic E-state index is 0.103. The molecule has 1 fully saturated rings. The third-order valence-electron chi connectivity index (χ3n) is 5.19. The molecule has 0 aliphatic carbocycles. The fourth-order valence-electron chi connectivity index (χ4n) is 3.48. The lowest BCUT2D eigenvalue weighted by molar-refractivity contribution is -0.122. The maximum atomic E-state index is 13.4. The highest BCUT2D eigenvalue weighted by Gasteiger charge is 2.33. The van der Waals surface area contributed by atoms with E-state index in [2.05, 4.69) is 0 Å². The van der Waals surface area contributed by atoms with E-state index in [1.807, 2.05) is 60.7 Å². The highest BCUT2D eigenvalue weighted by Crippen LogP contribution is 2.36. The molecule has 4 rings (SSSR count). The lowest BCUT2D eigenvalue weighted by Crippen LogP contribution is -2.31. The van der Waals surface area contributed by atoms with Gasteiger partial charge in [0.05, 0.1) is 17.7 Å². The Bertz CT molecular complexity index is 1260. The molecule has 0 atom stereocenters. The Balaban J connectivity index is 1.60. The number of hydrogen-bond donors (Lipinski definition) is 1. The van der Waals surface area contributed by atoms with Gasteiger partial charge in [-0.25, -0.2) is 4.99 Å². The predicted octanol–water partition coefficient (Wildman–Crippen LogP) is 4.41. The number of primary amides is 1. The number of carbonyl (C=O) groups is 2. The van der Waals surface area contributed by atoms with E-state index >= 15 is 0 Å². The van der Waals surface area contributed by atoms with Gasteiger partial charge < -0.3 is 15.2 Å². The molecule has 1 heterocycles. The van der Waals surface area contributed by atoms with Crippen molar-refractivity contribution in [1.29, 1.82) is 0 Å². The van der Waals surface area contributed by atoms with E-state index in [1.54, 1.807) is 29.2 Å². The van der Waals surface area contributed by atoms with Crippen LogP contribution in [-0.4, -0.2) is 42.1 Å². The summed E-state index contributed by atoms with van der Waals surface area (Å²) in [6.07, 6.45) is 2.52. The van der Waals surface area contributed by atoms with Gasteiger partial charge in [-0.2, -0.15) is 0 Å². The standard InChI is InChI=1S/C27H25N3O4S/c1-33-23-16-20(12-13-22(23)34-18-25(28)31)17-24-26(32)30(15-14-19-8-4-2-5-9-19)27(35-24)29-21-10-6-3-7-11-21/h2-13,16-17H,14-15,18H2,1H3,(H2,28,31)/b24-17-,29-27?. The number of amidine groups is 1. The number of rotatable bonds is 9. The number of hydrogen-bond acceptors (Lipinski definition) is 6. The number of benzene rings is 3. The quantitative estimate of drug-likeness (QED) is 0.452. The van der Waals surface area contributed by atoms with Crippen molar-refractivity contribution in [3.8, 4) is 11.5 Å². The smallest absolute Gasteiger partial charge is 0.266 e. The molecule has 1 aliphatic rings. The maximum absolute atomic E-state index is 13.4. The Kier molecular flexibility index (Phi) is 7.84. The number of para-hydroxylation sites is 1. The summed E-state index contributed by atoms with van der Waals surface area (Å²) in [6.45, 7) is 0.267. The van der Waals surface area contributed by atoms with Gasteiger partial charge in [-0.05, 0) is 59.7 Å². The lowest BCUT2D eigenvalue weighted by Gasteiger charge is -2.15. The first-order chi connectivity index (χ1) is 17.0. The van der Waals surface area contributed by atoms with E-state index in [1.165, 1.54) is 18.9 Å². The fourth-order valence-corrected chi connectivity index (χ4v) is 4.51. The minimum Gasteiger partial charge on any atom is -0.493 e. The van der Waals surface area contributed by atoms with Gasteiger partial charge in [-0.3, -0.25) is 14.5 Å². The van der Waals surface area contributed by atoms with Crippen LogP contribution in [0.5, 0.6) is 11.5 Å². The molecule has 8 heteroatoms. The number of methoxy groups -OCH3 is 1. The van der Waals surface area contributed by atoms with E-state index in [0.717, 1.165) is 16.8 Å². The van der Waals surface area contributed by atoms with Gasteiger partial charge in [0.1, 0.15) is 0 Å². The lowest BCUT2D eigenvalue weighted by atomic mass is 10.1. The van der Waals surface area contributed by atoms with Gasteiger partial charge >= 0.3 is 0 Å². The van der Waals surface area contributed by atoms with Crippen molar-refractivity contribution in [3.63, 3.8) is 0 Å². The van der Waals surface area contributed by atoms with Crippen molar-refractivity contribution < 1.29 is 19.1 Å². The molecule has 1 saturated heterocycles. The minimum atomic E-state index is -0.577. The van der Waals surface area contributed by atoms with Crippen LogP contribution in [0.15, 0.2) is 88.8 Å². The van der Waals surface area contributed by atoms with Gasteiger partial charge in [-0.1, -0.05) is 54.6 Å². The largest absolute Gasteiger partial charge is 0.493 e. The molecule has 3 aromatic rings. The van der Waals surface area contributed by atoms with Crippen LogP contribution >= 0.6 is 11.8 Å². The van der Waals surface area contributed by atoms with Crippen LogP contribution in [0.4, 0.5) is 5.69 Å². The number of nitrogens with zero attached hydrogens (tertiary/aromatic N) is 2. The summed E-state index contributed by atoms with van der Waals surface area (Å²) in [5.41, 5.74) is 7.85. The molecule has 0 unspecified atom stereocenters. The third kappa shape index (κ3) is 6.30. The maximum Gasteiger partial charge on any atom is 0.266 e. The van der Waals surface area contributed by atoms with Crippen molar-refractivity contribution in [2.75, 3.05) is 20.3 Å². The number of nitrogens with two attached hydrogens (primary N) is 1. The molecule has 35 heavy (non-hydrogen) atoms. The second-order valence-corrected chi connectivity index (χ2v) is 8.71. The summed E-state index contributed by atoms with van der Waals surface area (Å²) in [5.74, 6) is 0.158. The first-order valence-corrected chi connectivity index (χ1v) is 11.8. The van der Waals surface area contributed by atoms with Crippen molar-refractivity contribution >= 4 is 40.5 Å². The monoisotopic (exact) mass is 487 g/mol. The van der Waals surface area contributed by atoms with Gasteiger partial charge in [0.15, 0.2) is 23.3 Å². The van der Waals surface area contributed by atoms with Crippen LogP contribution in [0.1, 0.15) is 11.1 Å². The Morgan fingerprint density at radius 2 is 1.74 bits per heavy atom. The molecule has 0 aromatic heterocycles. The van der Waals surface area contributed by atoms with E-state index in [4.69, 9.17) is 20.2 Å². The number of carbonyl (C=O) groups excluding carboxylic acids is 2. The normalized spacial score (nSPS) is 15.6. The third-order valence-corrected chi connectivity index (χ3v) is 6.20. The molecular weight excluding hydrogens is 462 g/mol. The SMILES string of the molecule is COc1cc(/C=C2\SC(=Nc3ccccc3)N(CCc3ccccc3)C2=O)ccc1OCC(N)=O. The average Bonchev–Trinajstić information content (AvgIpc) is 3.16. The van der Waals surface area contributed by atoms with Crippen LogP contribution in [-0.2, 0) is 16.0 Å². The van der Waals surface area contributed by atoms with Crippen molar-refractivity contribution in [1.82, 2.24) is 4.90 Å². The topological polar surface area (TPSA) is 94.2 Å². The second-order valence-electron chi connectivity index (χ2n) is 7.70. The van der Waals surface area contributed by atoms with Crippen LogP contribution in [0.2, 0.25) is 0 Å². The first kappa shape index (κ1) is 24.1. The molecule has 0 saturated carbocycles. The Hall–Kier alpha value is -4.04. The molecule has 0 radical (unpaired) electrons. The van der Waals surface area contributed by atoms with Crippen molar-refractivity contribution in [3.05, 3.63) is 94.9 Å². The molecular formula is C27H25N3O4S. The van der Waals surface area contributed by atoms with E-state index in [-0.39, 0.29) is 12.5 Å². The summed E-state index contributed by atoms with van der Waals surface area (Å²) in [5, 5.41) is 0.636. The molecule has 1 aliphatic heterocycles.